The van der Waals surface area contributed by atoms with Crippen LogP contribution in [-0.4, -0.2) is 44.8 Å². The predicted octanol–water partition coefficient (Wildman–Crippen LogP) is 4.22. The molecule has 6 nitrogen and oxygen atoms in total. The Morgan fingerprint density at radius 2 is 1.69 bits per heavy atom. The normalized spacial score (nSPS) is 14.7. The molecule has 1 fully saturated rings. The van der Waals surface area contributed by atoms with Crippen molar-refractivity contribution in [2.24, 2.45) is 0 Å². The number of halogens is 1. The molecule has 1 aliphatic heterocycles. The maximum atomic E-state index is 12.9. The van der Waals surface area contributed by atoms with E-state index >= 15 is 0 Å². The number of nitrogens with zero attached hydrogens (tertiary/aromatic N) is 2. The molecule has 2 aromatic carbocycles. The van der Waals surface area contributed by atoms with Gasteiger partial charge in [-0.1, -0.05) is 11.6 Å². The summed E-state index contributed by atoms with van der Waals surface area (Å²) in [5, 5.41) is 2.94. The van der Waals surface area contributed by atoms with Crippen molar-refractivity contribution in [3.63, 3.8) is 0 Å². The molecule has 1 saturated heterocycles. The van der Waals surface area contributed by atoms with Gasteiger partial charge in [-0.15, -0.1) is 0 Å². The summed E-state index contributed by atoms with van der Waals surface area (Å²) in [6.45, 7) is 6.95. The second kappa shape index (κ2) is 9.15. The highest BCUT2D eigenvalue weighted by atomic mass is 35.5. The molecule has 0 spiro atoms. The Labute approximate surface area is 177 Å². The minimum Gasteiger partial charge on any atom is -0.372 e. The predicted molar refractivity (Wildman–Crippen MR) is 117 cm³/mol. The van der Waals surface area contributed by atoms with E-state index in [2.05, 4.69) is 24.1 Å². The summed E-state index contributed by atoms with van der Waals surface area (Å²) >= 11 is 6.16. The van der Waals surface area contributed by atoms with E-state index in [0.717, 1.165) is 31.6 Å². The van der Waals surface area contributed by atoms with Gasteiger partial charge in [0.2, 0.25) is 10.0 Å². The maximum Gasteiger partial charge on any atom is 0.255 e. The molecule has 8 heteroatoms. The second-order valence-corrected chi connectivity index (χ2v) is 9.24. The summed E-state index contributed by atoms with van der Waals surface area (Å²) < 4.78 is 27.1. The fourth-order valence-electron chi connectivity index (χ4n) is 3.46. The van der Waals surface area contributed by atoms with Crippen molar-refractivity contribution in [2.75, 3.05) is 36.4 Å². The molecule has 0 bridgehead atoms. The summed E-state index contributed by atoms with van der Waals surface area (Å²) in [7, 11) is -3.70. The topological polar surface area (TPSA) is 69.7 Å². The highest BCUT2D eigenvalue weighted by molar-refractivity contribution is 7.89. The molecule has 29 heavy (non-hydrogen) atoms. The minimum atomic E-state index is -3.70. The average molecular weight is 436 g/mol. The monoisotopic (exact) mass is 435 g/mol. The van der Waals surface area contributed by atoms with E-state index in [0.29, 0.717) is 18.8 Å². The SMILES string of the molecule is CCN(CC)c1ccc(NC(=O)c2ccc(Cl)c(S(=O)(=O)N3CCCC3)c2)cc1. The van der Waals surface area contributed by atoms with Gasteiger partial charge in [-0.2, -0.15) is 4.31 Å². The lowest BCUT2D eigenvalue weighted by Gasteiger charge is -2.21. The summed E-state index contributed by atoms with van der Waals surface area (Å²) in [5.41, 5.74) is 1.98. The van der Waals surface area contributed by atoms with E-state index in [4.69, 9.17) is 11.6 Å². The smallest absolute Gasteiger partial charge is 0.255 e. The third-order valence-electron chi connectivity index (χ3n) is 5.13. The number of carbonyl (C=O) groups is 1. The molecule has 1 amide bonds. The zero-order valence-corrected chi connectivity index (χ0v) is 18.3. The minimum absolute atomic E-state index is 0.0226. The van der Waals surface area contributed by atoms with Gasteiger partial charge in [0.1, 0.15) is 4.90 Å². The third kappa shape index (κ3) is 4.74. The molecule has 156 valence electrons. The van der Waals surface area contributed by atoms with Crippen LogP contribution in [0.1, 0.15) is 37.0 Å². The van der Waals surface area contributed by atoms with Crippen molar-refractivity contribution >= 4 is 38.9 Å². The van der Waals surface area contributed by atoms with Crippen LogP contribution in [0.2, 0.25) is 5.02 Å². The number of nitrogens with one attached hydrogen (secondary N) is 1. The molecular formula is C21H26ClN3O3S. The molecule has 1 N–H and O–H groups in total. The van der Waals surface area contributed by atoms with Crippen molar-refractivity contribution in [3.05, 3.63) is 53.1 Å². The van der Waals surface area contributed by atoms with Crippen molar-refractivity contribution in [1.82, 2.24) is 4.31 Å². The zero-order valence-electron chi connectivity index (χ0n) is 16.7. The van der Waals surface area contributed by atoms with Gasteiger partial charge in [-0.25, -0.2) is 8.42 Å². The van der Waals surface area contributed by atoms with Crippen LogP contribution in [0, 0.1) is 0 Å². The van der Waals surface area contributed by atoms with Crippen molar-refractivity contribution < 1.29 is 13.2 Å². The van der Waals surface area contributed by atoms with Crippen LogP contribution in [0.15, 0.2) is 47.4 Å². The maximum absolute atomic E-state index is 12.9. The molecule has 1 aliphatic rings. The van der Waals surface area contributed by atoms with Crippen molar-refractivity contribution in [2.45, 2.75) is 31.6 Å². The third-order valence-corrected chi connectivity index (χ3v) is 7.51. The van der Waals surface area contributed by atoms with E-state index in [1.54, 1.807) is 0 Å². The van der Waals surface area contributed by atoms with Crippen LogP contribution >= 0.6 is 11.6 Å². The van der Waals surface area contributed by atoms with Gasteiger partial charge in [0.25, 0.3) is 5.91 Å². The zero-order chi connectivity index (χ0) is 21.0. The van der Waals surface area contributed by atoms with Crippen LogP contribution in [-0.2, 0) is 10.0 Å². The summed E-state index contributed by atoms with van der Waals surface area (Å²) in [5.74, 6) is -0.380. The lowest BCUT2D eigenvalue weighted by atomic mass is 10.2. The fraction of sp³-hybridized carbons (Fsp3) is 0.381. The first-order valence-corrected chi connectivity index (χ1v) is 11.6. The lowest BCUT2D eigenvalue weighted by molar-refractivity contribution is 0.102. The molecule has 0 aliphatic carbocycles. The molecule has 3 rings (SSSR count). The summed E-state index contributed by atoms with van der Waals surface area (Å²) in [6, 6.07) is 11.9. The van der Waals surface area contributed by atoms with E-state index < -0.39 is 10.0 Å². The molecule has 0 saturated carbocycles. The Bertz CT molecular complexity index is 967. The Morgan fingerprint density at radius 3 is 2.28 bits per heavy atom. The number of hydrogen-bond acceptors (Lipinski definition) is 4. The summed E-state index contributed by atoms with van der Waals surface area (Å²) in [6.07, 6.45) is 1.67. The van der Waals surface area contributed by atoms with Gasteiger partial charge in [0.05, 0.1) is 5.02 Å². The van der Waals surface area contributed by atoms with Gasteiger partial charge < -0.3 is 10.2 Å². The molecule has 2 aromatic rings. The van der Waals surface area contributed by atoms with Crippen LogP contribution in [0.4, 0.5) is 11.4 Å². The number of benzene rings is 2. The Balaban J connectivity index is 1.79. The van der Waals surface area contributed by atoms with Gasteiger partial charge in [-0.05, 0) is 69.2 Å². The first-order valence-electron chi connectivity index (χ1n) is 9.83. The molecular weight excluding hydrogens is 410 g/mol. The largest absolute Gasteiger partial charge is 0.372 e. The number of amides is 1. The van der Waals surface area contributed by atoms with Crippen molar-refractivity contribution in [1.29, 1.82) is 0 Å². The van der Waals surface area contributed by atoms with Gasteiger partial charge in [0.15, 0.2) is 0 Å². The van der Waals surface area contributed by atoms with E-state index in [1.807, 2.05) is 24.3 Å². The second-order valence-electron chi connectivity index (χ2n) is 6.93. The van der Waals surface area contributed by atoms with Gasteiger partial charge >= 0.3 is 0 Å². The molecule has 0 atom stereocenters. The first-order chi connectivity index (χ1) is 13.9. The van der Waals surface area contributed by atoms with Crippen LogP contribution < -0.4 is 10.2 Å². The van der Waals surface area contributed by atoms with Crippen LogP contribution in [0.5, 0.6) is 0 Å². The average Bonchev–Trinajstić information content (AvgIpc) is 3.26. The molecule has 1 heterocycles. The lowest BCUT2D eigenvalue weighted by Crippen LogP contribution is -2.28. The van der Waals surface area contributed by atoms with Crippen LogP contribution in [0.3, 0.4) is 0 Å². The van der Waals surface area contributed by atoms with E-state index in [9.17, 15) is 13.2 Å². The number of anilines is 2. The number of sulfonamides is 1. The molecule has 0 unspecified atom stereocenters. The van der Waals surface area contributed by atoms with Gasteiger partial charge in [0, 0.05) is 43.1 Å². The van der Waals surface area contributed by atoms with Gasteiger partial charge in [-0.3, -0.25) is 4.79 Å². The van der Waals surface area contributed by atoms with Crippen molar-refractivity contribution in [3.8, 4) is 0 Å². The number of hydrogen-bond donors (Lipinski definition) is 1. The highest BCUT2D eigenvalue weighted by Crippen LogP contribution is 2.28. The number of carbonyl (C=O) groups excluding carboxylic acids is 1. The van der Waals surface area contributed by atoms with E-state index in [-0.39, 0.29) is 21.4 Å². The van der Waals surface area contributed by atoms with E-state index in [1.165, 1.54) is 22.5 Å². The fourth-order valence-corrected chi connectivity index (χ4v) is 5.47. The number of rotatable bonds is 7. The quantitative estimate of drug-likeness (QED) is 0.706. The Morgan fingerprint density at radius 1 is 1.07 bits per heavy atom. The Kier molecular flexibility index (Phi) is 6.82. The molecule has 0 radical (unpaired) electrons. The Hall–Kier alpha value is -2.09. The first kappa shape index (κ1) is 21.6. The summed E-state index contributed by atoms with van der Waals surface area (Å²) in [4.78, 5) is 14.9. The standard InChI is InChI=1S/C21H26ClN3O3S/c1-3-24(4-2)18-10-8-17(9-11-18)23-21(26)16-7-12-19(22)20(15-16)29(27,28)25-13-5-6-14-25/h7-12,15H,3-6,13-14H2,1-2H3,(H,23,26). The molecule has 0 aromatic heterocycles. The highest BCUT2D eigenvalue weighted by Gasteiger charge is 2.29. The van der Waals surface area contributed by atoms with Crippen LogP contribution in [0.25, 0.3) is 0 Å².